The van der Waals surface area contributed by atoms with E-state index in [1.807, 2.05) is 38.4 Å². The summed E-state index contributed by atoms with van der Waals surface area (Å²) in [5, 5.41) is 3.29. The molecule has 0 spiro atoms. The quantitative estimate of drug-likeness (QED) is 0.826. The molecule has 0 aromatic heterocycles. The van der Waals surface area contributed by atoms with Crippen molar-refractivity contribution >= 4 is 22.7 Å². The molecule has 0 radical (unpaired) electrons. The average Bonchev–Trinajstić information content (AvgIpc) is 2.41. The Morgan fingerprint density at radius 2 is 1.74 bits per heavy atom. The van der Waals surface area contributed by atoms with Gasteiger partial charge in [0.15, 0.2) is 0 Å². The maximum absolute atomic E-state index is 5.97. The maximum Gasteiger partial charge on any atom is 0.121 e. The standard InChI is InChI=1S/C15H19N3O/c1-18(2)12-6-4-11(5-7-12)17-15-9-8-13(19-3)10-14(15)16/h4-10,17H,16H2,1-3H3. The van der Waals surface area contributed by atoms with E-state index in [1.165, 1.54) is 0 Å². The zero-order valence-corrected chi connectivity index (χ0v) is 11.5. The first-order valence-electron chi connectivity index (χ1n) is 6.08. The molecule has 100 valence electrons. The fourth-order valence-corrected chi connectivity index (χ4v) is 1.78. The Morgan fingerprint density at radius 1 is 1.05 bits per heavy atom. The van der Waals surface area contributed by atoms with Crippen LogP contribution in [0.2, 0.25) is 0 Å². The van der Waals surface area contributed by atoms with Crippen LogP contribution in [0.1, 0.15) is 0 Å². The molecule has 0 aliphatic rings. The van der Waals surface area contributed by atoms with Crippen LogP contribution in [0.25, 0.3) is 0 Å². The molecule has 0 bridgehead atoms. The minimum Gasteiger partial charge on any atom is -0.497 e. The molecule has 3 N–H and O–H groups in total. The monoisotopic (exact) mass is 257 g/mol. The Bertz CT molecular complexity index is 550. The molecular formula is C15H19N3O. The normalized spacial score (nSPS) is 10.1. The SMILES string of the molecule is COc1ccc(Nc2ccc(N(C)C)cc2)c(N)c1. The van der Waals surface area contributed by atoms with Crippen molar-refractivity contribution in [3.05, 3.63) is 42.5 Å². The zero-order valence-electron chi connectivity index (χ0n) is 11.5. The summed E-state index contributed by atoms with van der Waals surface area (Å²) in [5.74, 6) is 0.756. The highest BCUT2D eigenvalue weighted by atomic mass is 16.5. The summed E-state index contributed by atoms with van der Waals surface area (Å²) in [6, 6.07) is 13.8. The van der Waals surface area contributed by atoms with Crippen LogP contribution in [-0.4, -0.2) is 21.2 Å². The van der Waals surface area contributed by atoms with Gasteiger partial charge in [-0.1, -0.05) is 0 Å². The Labute approximate surface area is 113 Å². The first kappa shape index (κ1) is 13.1. The number of nitrogens with zero attached hydrogens (tertiary/aromatic N) is 1. The lowest BCUT2D eigenvalue weighted by atomic mass is 10.2. The van der Waals surface area contributed by atoms with Crippen molar-refractivity contribution in [2.75, 3.05) is 37.2 Å². The second kappa shape index (κ2) is 5.52. The summed E-state index contributed by atoms with van der Waals surface area (Å²) in [7, 11) is 5.66. The third-order valence-corrected chi connectivity index (χ3v) is 2.92. The Balaban J connectivity index is 2.16. The van der Waals surface area contributed by atoms with Crippen LogP contribution >= 0.6 is 0 Å². The van der Waals surface area contributed by atoms with Crippen LogP contribution in [0, 0.1) is 0 Å². The molecule has 2 rings (SSSR count). The van der Waals surface area contributed by atoms with Crippen molar-refractivity contribution in [1.82, 2.24) is 0 Å². The molecule has 2 aromatic carbocycles. The molecular weight excluding hydrogens is 238 g/mol. The van der Waals surface area contributed by atoms with Gasteiger partial charge in [-0.25, -0.2) is 0 Å². The van der Waals surface area contributed by atoms with Gasteiger partial charge in [0.25, 0.3) is 0 Å². The van der Waals surface area contributed by atoms with Crippen LogP contribution < -0.4 is 20.7 Å². The topological polar surface area (TPSA) is 50.5 Å². The zero-order chi connectivity index (χ0) is 13.8. The molecule has 0 fully saturated rings. The second-order valence-electron chi connectivity index (χ2n) is 4.52. The number of methoxy groups -OCH3 is 1. The first-order chi connectivity index (χ1) is 9.10. The number of hydrogen-bond acceptors (Lipinski definition) is 4. The molecule has 0 amide bonds. The smallest absolute Gasteiger partial charge is 0.121 e. The van der Waals surface area contributed by atoms with Gasteiger partial charge < -0.3 is 20.7 Å². The van der Waals surface area contributed by atoms with Crippen LogP contribution in [0.3, 0.4) is 0 Å². The van der Waals surface area contributed by atoms with E-state index in [4.69, 9.17) is 10.5 Å². The van der Waals surface area contributed by atoms with E-state index in [0.29, 0.717) is 5.69 Å². The Morgan fingerprint density at radius 3 is 2.26 bits per heavy atom. The van der Waals surface area contributed by atoms with Gasteiger partial charge in [-0.2, -0.15) is 0 Å². The molecule has 0 unspecified atom stereocenters. The van der Waals surface area contributed by atoms with Crippen LogP contribution in [-0.2, 0) is 0 Å². The van der Waals surface area contributed by atoms with E-state index in [9.17, 15) is 0 Å². The molecule has 19 heavy (non-hydrogen) atoms. The van der Waals surface area contributed by atoms with Crippen molar-refractivity contribution in [1.29, 1.82) is 0 Å². The van der Waals surface area contributed by atoms with E-state index in [0.717, 1.165) is 22.8 Å². The number of anilines is 4. The van der Waals surface area contributed by atoms with Crippen molar-refractivity contribution in [3.8, 4) is 5.75 Å². The van der Waals surface area contributed by atoms with Gasteiger partial charge in [-0.3, -0.25) is 0 Å². The predicted molar refractivity (Wildman–Crippen MR) is 81.5 cm³/mol. The van der Waals surface area contributed by atoms with Crippen molar-refractivity contribution in [3.63, 3.8) is 0 Å². The Kier molecular flexibility index (Phi) is 3.80. The highest BCUT2D eigenvalue weighted by Gasteiger charge is 2.02. The summed E-state index contributed by atoms with van der Waals surface area (Å²) in [5.41, 5.74) is 9.67. The average molecular weight is 257 g/mol. The minimum atomic E-state index is 0.663. The van der Waals surface area contributed by atoms with E-state index in [-0.39, 0.29) is 0 Å². The van der Waals surface area contributed by atoms with Crippen molar-refractivity contribution in [2.24, 2.45) is 0 Å². The predicted octanol–water partition coefficient (Wildman–Crippen LogP) is 3.09. The van der Waals surface area contributed by atoms with Gasteiger partial charge in [0, 0.05) is 31.5 Å². The number of benzene rings is 2. The number of nitrogens with one attached hydrogen (secondary N) is 1. The van der Waals surface area contributed by atoms with Crippen LogP contribution in [0.15, 0.2) is 42.5 Å². The van der Waals surface area contributed by atoms with Crippen molar-refractivity contribution < 1.29 is 4.74 Å². The number of nitrogens with two attached hydrogens (primary N) is 1. The molecule has 4 nitrogen and oxygen atoms in total. The van der Waals surface area contributed by atoms with Gasteiger partial charge in [0.2, 0.25) is 0 Å². The van der Waals surface area contributed by atoms with Crippen LogP contribution in [0.4, 0.5) is 22.7 Å². The molecule has 0 atom stereocenters. The van der Waals surface area contributed by atoms with Gasteiger partial charge in [-0.05, 0) is 36.4 Å². The third-order valence-electron chi connectivity index (χ3n) is 2.92. The second-order valence-corrected chi connectivity index (χ2v) is 4.52. The van der Waals surface area contributed by atoms with E-state index in [2.05, 4.69) is 22.3 Å². The van der Waals surface area contributed by atoms with Crippen LogP contribution in [0.5, 0.6) is 5.75 Å². The lowest BCUT2D eigenvalue weighted by Crippen LogP contribution is -2.08. The number of nitrogen functional groups attached to an aromatic ring is 1. The fraction of sp³-hybridized carbons (Fsp3) is 0.200. The van der Waals surface area contributed by atoms with Gasteiger partial charge in [0.1, 0.15) is 5.75 Å². The molecule has 0 saturated carbocycles. The summed E-state index contributed by atoms with van der Waals surface area (Å²) in [6.45, 7) is 0. The van der Waals surface area contributed by atoms with Gasteiger partial charge >= 0.3 is 0 Å². The van der Waals surface area contributed by atoms with Gasteiger partial charge in [-0.15, -0.1) is 0 Å². The molecule has 0 heterocycles. The summed E-state index contributed by atoms with van der Waals surface area (Å²) >= 11 is 0. The van der Waals surface area contributed by atoms with E-state index in [1.54, 1.807) is 13.2 Å². The summed E-state index contributed by atoms with van der Waals surface area (Å²) < 4.78 is 5.13. The first-order valence-corrected chi connectivity index (χ1v) is 6.08. The molecule has 0 saturated heterocycles. The highest BCUT2D eigenvalue weighted by Crippen LogP contribution is 2.27. The number of rotatable bonds is 4. The highest BCUT2D eigenvalue weighted by molar-refractivity contribution is 5.74. The number of ether oxygens (including phenoxy) is 1. The fourth-order valence-electron chi connectivity index (χ4n) is 1.78. The van der Waals surface area contributed by atoms with Gasteiger partial charge in [0.05, 0.1) is 18.5 Å². The molecule has 0 aliphatic heterocycles. The molecule has 4 heteroatoms. The number of hydrogen-bond donors (Lipinski definition) is 2. The minimum absolute atomic E-state index is 0.663. The lowest BCUT2D eigenvalue weighted by molar-refractivity contribution is 0.415. The Hall–Kier alpha value is -2.36. The summed E-state index contributed by atoms with van der Waals surface area (Å²) in [6.07, 6.45) is 0. The van der Waals surface area contributed by atoms with Crippen molar-refractivity contribution in [2.45, 2.75) is 0 Å². The third kappa shape index (κ3) is 3.10. The lowest BCUT2D eigenvalue weighted by Gasteiger charge is -2.14. The van der Waals surface area contributed by atoms with E-state index >= 15 is 0 Å². The van der Waals surface area contributed by atoms with E-state index < -0.39 is 0 Å². The molecule has 0 aliphatic carbocycles. The summed E-state index contributed by atoms with van der Waals surface area (Å²) in [4.78, 5) is 2.06. The molecule has 2 aromatic rings. The maximum atomic E-state index is 5.97. The largest absolute Gasteiger partial charge is 0.497 e.